The zero-order valence-electron chi connectivity index (χ0n) is 33.9. The molecule has 0 saturated carbocycles. The molecule has 316 valence electrons. The number of amides is 7. The summed E-state index contributed by atoms with van der Waals surface area (Å²) in [5.74, 6) is -2.03. The number of imide groups is 1. The molecule has 17 heteroatoms. The zero-order chi connectivity index (χ0) is 41.5. The molecule has 1 heterocycles. The molecule has 0 aromatic heterocycles. The molecule has 7 amide bonds. The normalized spacial score (nSPS) is 15.4. The first-order valence-electron chi connectivity index (χ1n) is 19.5. The number of carbonyl (C=O) groups is 6. The van der Waals surface area contributed by atoms with E-state index in [0.717, 1.165) is 5.56 Å². The molecular weight excluding hydrogens is 728 g/mol. The van der Waals surface area contributed by atoms with Gasteiger partial charge in [-0.2, -0.15) is 0 Å². The third-order valence-corrected chi connectivity index (χ3v) is 8.80. The van der Waals surface area contributed by atoms with E-state index < -0.39 is 29.9 Å². The number of primary amides is 1. The Kier molecular flexibility index (Phi) is 22.8. The summed E-state index contributed by atoms with van der Waals surface area (Å²) in [6.07, 6.45) is 0.930. The lowest BCUT2D eigenvalue weighted by Gasteiger charge is -2.25. The topological polar surface area (TPSA) is 226 Å². The van der Waals surface area contributed by atoms with Gasteiger partial charge >= 0.3 is 6.03 Å². The van der Waals surface area contributed by atoms with Gasteiger partial charge in [-0.3, -0.25) is 28.9 Å². The maximum absolute atomic E-state index is 13.4. The highest BCUT2D eigenvalue weighted by Crippen LogP contribution is 2.26. The highest BCUT2D eigenvalue weighted by molar-refractivity contribution is 6.03. The lowest BCUT2D eigenvalue weighted by atomic mass is 9.94. The molecule has 1 aromatic carbocycles. The fourth-order valence-electron chi connectivity index (χ4n) is 5.55. The molecule has 0 aliphatic carbocycles. The molecular formula is C39H64N6O11. The van der Waals surface area contributed by atoms with E-state index in [-0.39, 0.29) is 93.8 Å². The SMILES string of the molecule is CC(C)OCc1ccc(NC(=O)[C@H](CCCNC(N)=O)NC(=O)[C@@H](NC(=O)CCOCCOCCOCCOCCN2C(=O)CC(C(C)C)C2=O)C(C)C)cc1. The summed E-state index contributed by atoms with van der Waals surface area (Å²) in [5.41, 5.74) is 6.64. The Bertz CT molecular complexity index is 1380. The molecule has 1 aromatic rings. The predicted octanol–water partition coefficient (Wildman–Crippen LogP) is 2.11. The van der Waals surface area contributed by atoms with Crippen LogP contribution in [0.5, 0.6) is 0 Å². The number of urea groups is 1. The van der Waals surface area contributed by atoms with Gasteiger partial charge in [0.05, 0.1) is 72.1 Å². The maximum Gasteiger partial charge on any atom is 0.312 e. The largest absolute Gasteiger partial charge is 0.379 e. The minimum atomic E-state index is -0.954. The van der Waals surface area contributed by atoms with Gasteiger partial charge in [0.25, 0.3) is 0 Å². The Morgan fingerprint density at radius 1 is 0.804 bits per heavy atom. The molecule has 0 spiro atoms. The Balaban J connectivity index is 1.66. The van der Waals surface area contributed by atoms with E-state index in [2.05, 4.69) is 21.3 Å². The Labute approximate surface area is 330 Å². The Morgan fingerprint density at radius 3 is 1.93 bits per heavy atom. The summed E-state index contributed by atoms with van der Waals surface area (Å²) in [6.45, 7) is 14.5. The number of carbonyl (C=O) groups excluding carboxylic acids is 6. The van der Waals surface area contributed by atoms with Crippen LogP contribution in [0.3, 0.4) is 0 Å². The second-order valence-electron chi connectivity index (χ2n) is 14.5. The van der Waals surface area contributed by atoms with Crippen molar-refractivity contribution in [2.75, 3.05) is 71.3 Å². The molecule has 1 aliphatic rings. The predicted molar refractivity (Wildman–Crippen MR) is 208 cm³/mol. The summed E-state index contributed by atoms with van der Waals surface area (Å²) in [6, 6.07) is 4.63. The van der Waals surface area contributed by atoms with Crippen LogP contribution in [0.4, 0.5) is 10.5 Å². The standard InChI is InChI=1S/C39H64N6O11/c1-26(2)31-24-34(47)45(38(31)50)15-17-53-19-21-55-23-22-54-20-18-52-16-13-33(46)44-35(27(3)4)37(49)43-32(8-7-14-41-39(40)51)36(48)42-30-11-9-29(10-12-30)25-56-28(5)6/h9-12,26-28,31-32,35H,7-8,13-25H2,1-6H3,(H,42,48)(H,43,49)(H,44,46)(H3,40,41,51)/t31?,32-,35-/m0/s1. The first-order chi connectivity index (χ1) is 26.7. The van der Waals surface area contributed by atoms with Crippen LogP contribution in [0.2, 0.25) is 0 Å². The van der Waals surface area contributed by atoms with Gasteiger partial charge in [0.2, 0.25) is 29.5 Å². The quantitative estimate of drug-likeness (QED) is 0.0584. The van der Waals surface area contributed by atoms with Crippen LogP contribution in [0.1, 0.15) is 72.8 Å². The minimum absolute atomic E-state index is 0.0128. The van der Waals surface area contributed by atoms with Crippen molar-refractivity contribution < 1.29 is 52.5 Å². The summed E-state index contributed by atoms with van der Waals surface area (Å²) in [5, 5.41) is 10.8. The number of anilines is 1. The van der Waals surface area contributed by atoms with Gasteiger partial charge in [-0.1, -0.05) is 39.8 Å². The fraction of sp³-hybridized carbons (Fsp3) is 0.692. The number of nitrogens with one attached hydrogen (secondary N) is 4. The lowest BCUT2D eigenvalue weighted by Crippen LogP contribution is -2.54. The number of nitrogens with zero attached hydrogens (tertiary/aromatic N) is 1. The van der Waals surface area contributed by atoms with Crippen LogP contribution >= 0.6 is 0 Å². The van der Waals surface area contributed by atoms with E-state index >= 15 is 0 Å². The number of hydrogen-bond donors (Lipinski definition) is 5. The molecule has 6 N–H and O–H groups in total. The van der Waals surface area contributed by atoms with Crippen molar-refractivity contribution in [3.63, 3.8) is 0 Å². The minimum Gasteiger partial charge on any atom is -0.379 e. The lowest BCUT2D eigenvalue weighted by molar-refractivity contribution is -0.140. The molecule has 1 unspecified atom stereocenters. The number of rotatable bonds is 29. The monoisotopic (exact) mass is 792 g/mol. The number of nitrogens with two attached hydrogens (primary N) is 1. The molecule has 2 rings (SSSR count). The second kappa shape index (κ2) is 26.6. The molecule has 0 radical (unpaired) electrons. The first-order valence-corrected chi connectivity index (χ1v) is 19.5. The fourth-order valence-corrected chi connectivity index (χ4v) is 5.55. The highest BCUT2D eigenvalue weighted by Gasteiger charge is 2.39. The van der Waals surface area contributed by atoms with E-state index in [4.69, 9.17) is 29.4 Å². The summed E-state index contributed by atoms with van der Waals surface area (Å²) < 4.78 is 27.6. The van der Waals surface area contributed by atoms with Gasteiger partial charge in [0.15, 0.2) is 0 Å². The van der Waals surface area contributed by atoms with Gasteiger partial charge in [-0.15, -0.1) is 0 Å². The van der Waals surface area contributed by atoms with E-state index in [9.17, 15) is 28.8 Å². The molecule has 3 atom stereocenters. The van der Waals surface area contributed by atoms with Crippen LogP contribution in [-0.4, -0.2) is 125 Å². The Morgan fingerprint density at radius 2 is 1.39 bits per heavy atom. The molecule has 17 nitrogen and oxygen atoms in total. The summed E-state index contributed by atoms with van der Waals surface area (Å²) >= 11 is 0. The van der Waals surface area contributed by atoms with E-state index in [1.54, 1.807) is 26.0 Å². The van der Waals surface area contributed by atoms with E-state index in [0.29, 0.717) is 51.7 Å². The summed E-state index contributed by atoms with van der Waals surface area (Å²) in [4.78, 5) is 76.2. The average Bonchev–Trinajstić information content (AvgIpc) is 3.43. The van der Waals surface area contributed by atoms with Crippen molar-refractivity contribution in [2.45, 2.75) is 92.0 Å². The van der Waals surface area contributed by atoms with E-state index in [1.807, 2.05) is 39.8 Å². The highest BCUT2D eigenvalue weighted by atomic mass is 16.6. The zero-order valence-corrected chi connectivity index (χ0v) is 33.9. The van der Waals surface area contributed by atoms with Gasteiger partial charge in [-0.05, 0) is 56.2 Å². The number of likely N-dealkylation sites (tertiary alicyclic amines) is 1. The second-order valence-corrected chi connectivity index (χ2v) is 14.5. The van der Waals surface area contributed by atoms with Crippen molar-refractivity contribution in [1.82, 2.24) is 20.9 Å². The van der Waals surface area contributed by atoms with Gasteiger partial charge in [0, 0.05) is 31.0 Å². The van der Waals surface area contributed by atoms with Gasteiger partial charge in [-0.25, -0.2) is 4.79 Å². The van der Waals surface area contributed by atoms with Crippen LogP contribution < -0.4 is 27.0 Å². The molecule has 1 saturated heterocycles. The van der Waals surface area contributed by atoms with Crippen molar-refractivity contribution in [3.8, 4) is 0 Å². The maximum atomic E-state index is 13.4. The molecule has 0 bridgehead atoms. The molecule has 1 aliphatic heterocycles. The third kappa shape index (κ3) is 19.1. The first kappa shape index (κ1) is 48.0. The third-order valence-electron chi connectivity index (χ3n) is 8.80. The van der Waals surface area contributed by atoms with Crippen molar-refractivity contribution in [1.29, 1.82) is 0 Å². The number of benzene rings is 1. The van der Waals surface area contributed by atoms with Crippen LogP contribution in [-0.2, 0) is 54.3 Å². The van der Waals surface area contributed by atoms with Gasteiger partial charge < -0.3 is 50.7 Å². The van der Waals surface area contributed by atoms with Crippen molar-refractivity contribution in [3.05, 3.63) is 29.8 Å². The Hall–Kier alpha value is -4.16. The van der Waals surface area contributed by atoms with Crippen LogP contribution in [0.25, 0.3) is 0 Å². The van der Waals surface area contributed by atoms with Gasteiger partial charge in [0.1, 0.15) is 12.1 Å². The molecule has 1 fully saturated rings. The van der Waals surface area contributed by atoms with E-state index in [1.165, 1.54) is 4.90 Å². The van der Waals surface area contributed by atoms with Crippen LogP contribution in [0, 0.1) is 17.8 Å². The van der Waals surface area contributed by atoms with Crippen molar-refractivity contribution in [2.24, 2.45) is 23.5 Å². The molecule has 56 heavy (non-hydrogen) atoms. The summed E-state index contributed by atoms with van der Waals surface area (Å²) in [7, 11) is 0. The number of hydrogen-bond acceptors (Lipinski definition) is 11. The number of ether oxygens (including phenoxy) is 5. The average molecular weight is 793 g/mol. The smallest absolute Gasteiger partial charge is 0.312 e. The van der Waals surface area contributed by atoms with Crippen LogP contribution in [0.15, 0.2) is 24.3 Å². The van der Waals surface area contributed by atoms with Crippen molar-refractivity contribution >= 4 is 41.3 Å².